The molecule has 0 aromatic rings. The first-order chi connectivity index (χ1) is 7.78. The van der Waals surface area contributed by atoms with Crippen molar-refractivity contribution in [3.8, 4) is 6.07 Å². The smallest absolute Gasteiger partial charge is 0.234 e. The number of amides is 1. The van der Waals surface area contributed by atoms with Crippen LogP contribution in [0.15, 0.2) is 0 Å². The number of hydrogen-bond donors (Lipinski definition) is 1. The summed E-state index contributed by atoms with van der Waals surface area (Å²) in [5, 5.41) is 11.7. The van der Waals surface area contributed by atoms with Crippen LogP contribution >= 0.6 is 0 Å². The van der Waals surface area contributed by atoms with E-state index >= 15 is 0 Å². The zero-order valence-electron chi connectivity index (χ0n) is 9.61. The maximum Gasteiger partial charge on any atom is 0.234 e. The summed E-state index contributed by atoms with van der Waals surface area (Å²) in [6.07, 6.45) is 4.36. The molecule has 1 aliphatic heterocycles. The summed E-state index contributed by atoms with van der Waals surface area (Å²) in [7, 11) is 0. The van der Waals surface area contributed by atoms with Gasteiger partial charge in [-0.15, -0.1) is 0 Å². The van der Waals surface area contributed by atoms with Crippen LogP contribution in [0.4, 0.5) is 0 Å². The van der Waals surface area contributed by atoms with E-state index < -0.39 is 0 Å². The van der Waals surface area contributed by atoms with E-state index in [-0.39, 0.29) is 11.8 Å². The molecule has 0 bridgehead atoms. The third-order valence-electron chi connectivity index (χ3n) is 3.42. The molecule has 1 amide bonds. The second-order valence-electron chi connectivity index (χ2n) is 4.93. The molecule has 1 saturated heterocycles. The van der Waals surface area contributed by atoms with Gasteiger partial charge in [0.15, 0.2) is 0 Å². The van der Waals surface area contributed by atoms with Gasteiger partial charge in [-0.05, 0) is 44.7 Å². The lowest BCUT2D eigenvalue weighted by Gasteiger charge is -2.28. The van der Waals surface area contributed by atoms with E-state index in [1.54, 1.807) is 0 Å². The standard InChI is InChI=1S/C12H19N3O/c13-7-10-3-5-15(6-4-10)9-12(16)14-8-11-1-2-11/h10-11H,1-6,8-9H2,(H,14,16). The maximum absolute atomic E-state index is 11.6. The highest BCUT2D eigenvalue weighted by Gasteiger charge is 2.23. The Kier molecular flexibility index (Phi) is 3.79. The fraction of sp³-hybridized carbons (Fsp3) is 0.833. The average Bonchev–Trinajstić information content (AvgIpc) is 3.11. The van der Waals surface area contributed by atoms with Gasteiger partial charge in [0.25, 0.3) is 0 Å². The number of rotatable bonds is 4. The molecule has 2 aliphatic rings. The molecule has 2 rings (SSSR count). The quantitative estimate of drug-likeness (QED) is 0.762. The van der Waals surface area contributed by atoms with E-state index in [1.165, 1.54) is 12.8 Å². The minimum Gasteiger partial charge on any atom is -0.355 e. The van der Waals surface area contributed by atoms with Crippen LogP contribution in [0.5, 0.6) is 0 Å². The molecule has 16 heavy (non-hydrogen) atoms. The Hall–Kier alpha value is -1.08. The van der Waals surface area contributed by atoms with Crippen LogP contribution in [0.2, 0.25) is 0 Å². The highest BCUT2D eigenvalue weighted by molar-refractivity contribution is 5.78. The zero-order chi connectivity index (χ0) is 11.4. The van der Waals surface area contributed by atoms with Crippen LogP contribution < -0.4 is 5.32 Å². The van der Waals surface area contributed by atoms with E-state index in [4.69, 9.17) is 5.26 Å². The number of carbonyl (C=O) groups excluding carboxylic acids is 1. The first kappa shape index (κ1) is 11.4. The maximum atomic E-state index is 11.6. The molecule has 0 aromatic carbocycles. The SMILES string of the molecule is N#CC1CCN(CC(=O)NCC2CC2)CC1. The molecule has 88 valence electrons. The monoisotopic (exact) mass is 221 g/mol. The lowest BCUT2D eigenvalue weighted by molar-refractivity contribution is -0.122. The summed E-state index contributed by atoms with van der Waals surface area (Å²) in [6.45, 7) is 3.13. The fourth-order valence-corrected chi connectivity index (χ4v) is 2.06. The van der Waals surface area contributed by atoms with Gasteiger partial charge in [-0.2, -0.15) is 5.26 Å². The van der Waals surface area contributed by atoms with Gasteiger partial charge >= 0.3 is 0 Å². The normalized spacial score (nSPS) is 22.7. The molecule has 4 heteroatoms. The average molecular weight is 221 g/mol. The number of piperidine rings is 1. The number of nitrogens with one attached hydrogen (secondary N) is 1. The molecule has 0 radical (unpaired) electrons. The molecular formula is C12H19N3O. The molecule has 0 unspecified atom stereocenters. The Bertz CT molecular complexity index is 285. The Morgan fingerprint density at radius 1 is 1.31 bits per heavy atom. The third kappa shape index (κ3) is 3.49. The van der Waals surface area contributed by atoms with Crippen molar-refractivity contribution < 1.29 is 4.79 Å². The van der Waals surface area contributed by atoms with Crippen LogP contribution in [0.3, 0.4) is 0 Å². The van der Waals surface area contributed by atoms with Crippen LogP contribution in [-0.4, -0.2) is 37.0 Å². The Labute approximate surface area is 96.6 Å². The van der Waals surface area contributed by atoms with Crippen LogP contribution in [0.25, 0.3) is 0 Å². The Balaban J connectivity index is 1.61. The largest absolute Gasteiger partial charge is 0.355 e. The van der Waals surface area contributed by atoms with Gasteiger partial charge in [0.1, 0.15) is 0 Å². The number of hydrogen-bond acceptors (Lipinski definition) is 3. The summed E-state index contributed by atoms with van der Waals surface area (Å²) >= 11 is 0. The van der Waals surface area contributed by atoms with Crippen LogP contribution in [-0.2, 0) is 4.79 Å². The van der Waals surface area contributed by atoms with Gasteiger partial charge in [0.05, 0.1) is 12.6 Å². The van der Waals surface area contributed by atoms with Crippen molar-refractivity contribution in [3.63, 3.8) is 0 Å². The van der Waals surface area contributed by atoms with Crippen molar-refractivity contribution in [2.45, 2.75) is 25.7 Å². The molecule has 2 fully saturated rings. The number of nitriles is 1. The van der Waals surface area contributed by atoms with Gasteiger partial charge in [-0.3, -0.25) is 9.69 Å². The highest BCUT2D eigenvalue weighted by atomic mass is 16.2. The number of carbonyl (C=O) groups is 1. The Morgan fingerprint density at radius 3 is 2.56 bits per heavy atom. The first-order valence-electron chi connectivity index (χ1n) is 6.16. The molecule has 1 N–H and O–H groups in total. The second-order valence-corrected chi connectivity index (χ2v) is 4.93. The van der Waals surface area contributed by atoms with E-state index in [0.29, 0.717) is 6.54 Å². The van der Waals surface area contributed by atoms with E-state index in [0.717, 1.165) is 38.4 Å². The van der Waals surface area contributed by atoms with Gasteiger partial charge < -0.3 is 5.32 Å². The third-order valence-corrected chi connectivity index (χ3v) is 3.42. The van der Waals surface area contributed by atoms with E-state index in [2.05, 4.69) is 16.3 Å². The van der Waals surface area contributed by atoms with Crippen molar-refractivity contribution in [3.05, 3.63) is 0 Å². The molecule has 4 nitrogen and oxygen atoms in total. The lowest BCUT2D eigenvalue weighted by atomic mass is 9.99. The van der Waals surface area contributed by atoms with Crippen molar-refractivity contribution in [1.29, 1.82) is 5.26 Å². The minimum absolute atomic E-state index is 0.141. The van der Waals surface area contributed by atoms with Gasteiger partial charge in [-0.1, -0.05) is 0 Å². The second kappa shape index (κ2) is 5.31. The van der Waals surface area contributed by atoms with E-state index in [1.807, 2.05) is 0 Å². The first-order valence-corrected chi connectivity index (χ1v) is 6.16. The predicted octanol–water partition coefficient (Wildman–Crippen LogP) is 0.748. The summed E-state index contributed by atoms with van der Waals surface area (Å²) in [6, 6.07) is 2.30. The zero-order valence-corrected chi connectivity index (χ0v) is 9.61. The van der Waals surface area contributed by atoms with Gasteiger partial charge in [-0.25, -0.2) is 0 Å². The molecule has 1 saturated carbocycles. The summed E-state index contributed by atoms with van der Waals surface area (Å²) in [5.41, 5.74) is 0. The molecule has 0 spiro atoms. The molecule has 0 aromatic heterocycles. The molecule has 0 atom stereocenters. The lowest BCUT2D eigenvalue weighted by Crippen LogP contribution is -2.41. The van der Waals surface area contributed by atoms with Crippen molar-refractivity contribution in [2.75, 3.05) is 26.2 Å². The molecule has 1 aliphatic carbocycles. The van der Waals surface area contributed by atoms with Gasteiger partial charge in [0.2, 0.25) is 5.91 Å². The predicted molar refractivity (Wildman–Crippen MR) is 60.5 cm³/mol. The van der Waals surface area contributed by atoms with Crippen molar-refractivity contribution in [2.24, 2.45) is 11.8 Å². The minimum atomic E-state index is 0.141. The molecular weight excluding hydrogens is 202 g/mol. The van der Waals surface area contributed by atoms with E-state index in [9.17, 15) is 4.79 Å². The summed E-state index contributed by atoms with van der Waals surface area (Å²) < 4.78 is 0. The summed E-state index contributed by atoms with van der Waals surface area (Å²) in [5.74, 6) is 1.08. The fourth-order valence-electron chi connectivity index (χ4n) is 2.06. The van der Waals surface area contributed by atoms with Crippen LogP contribution in [0, 0.1) is 23.2 Å². The van der Waals surface area contributed by atoms with Crippen molar-refractivity contribution >= 4 is 5.91 Å². The van der Waals surface area contributed by atoms with Crippen LogP contribution in [0.1, 0.15) is 25.7 Å². The highest BCUT2D eigenvalue weighted by Crippen LogP contribution is 2.27. The molecule has 1 heterocycles. The van der Waals surface area contributed by atoms with Crippen molar-refractivity contribution in [1.82, 2.24) is 10.2 Å². The Morgan fingerprint density at radius 2 is 2.00 bits per heavy atom. The summed E-state index contributed by atoms with van der Waals surface area (Å²) in [4.78, 5) is 13.7. The number of nitrogens with zero attached hydrogens (tertiary/aromatic N) is 2. The topological polar surface area (TPSA) is 56.1 Å². The van der Waals surface area contributed by atoms with Gasteiger partial charge in [0, 0.05) is 12.5 Å². The number of likely N-dealkylation sites (tertiary alicyclic amines) is 1.